The minimum Gasteiger partial charge on any atom is -0.303 e. The van der Waals surface area contributed by atoms with Crippen molar-refractivity contribution in [2.24, 2.45) is 0 Å². The van der Waals surface area contributed by atoms with E-state index in [0.29, 0.717) is 0 Å². The molecule has 85 valence electrons. The van der Waals surface area contributed by atoms with Crippen molar-refractivity contribution in [3.8, 4) is 0 Å². The van der Waals surface area contributed by atoms with Crippen LogP contribution in [0.3, 0.4) is 0 Å². The van der Waals surface area contributed by atoms with Crippen LogP contribution in [-0.2, 0) is 9.59 Å². The second-order valence-corrected chi connectivity index (χ2v) is 2.90. The molecule has 0 saturated carbocycles. The zero-order valence-corrected chi connectivity index (χ0v) is 10.6. The summed E-state index contributed by atoms with van der Waals surface area (Å²) in [7, 11) is 0. The van der Waals surface area contributed by atoms with Crippen LogP contribution in [0.2, 0.25) is 0 Å². The van der Waals surface area contributed by atoms with E-state index in [2.05, 4.69) is 0 Å². The summed E-state index contributed by atoms with van der Waals surface area (Å²) in [4.78, 5) is 19.0. The largest absolute Gasteiger partial charge is 0.450 e. The zero-order valence-electron chi connectivity index (χ0n) is 7.33. The van der Waals surface area contributed by atoms with E-state index in [0.717, 1.165) is 0 Å². The van der Waals surface area contributed by atoms with Crippen molar-refractivity contribution in [1.29, 1.82) is 0 Å². The SMILES string of the molecule is O=CCC(=O)C(F)(F)F.[Eu].c1ccsc1. The minimum absolute atomic E-state index is 0. The summed E-state index contributed by atoms with van der Waals surface area (Å²) >= 11 is 1.71. The van der Waals surface area contributed by atoms with E-state index in [4.69, 9.17) is 0 Å². The number of alkyl halides is 3. The molecule has 7 heteroatoms. The average Bonchev–Trinajstić information content (AvgIpc) is 2.59. The van der Waals surface area contributed by atoms with Crippen LogP contribution in [-0.4, -0.2) is 18.2 Å². The quantitative estimate of drug-likeness (QED) is 0.587. The predicted octanol–water partition coefficient (Wildman–Crippen LogP) is 2.45. The standard InChI is InChI=1S/C4H3F3O2.C4H4S.Eu/c5-4(6,7)3(9)1-2-8;1-2-4-5-3-1;/h2H,1H2;1-4H;. The Balaban J connectivity index is 0. The van der Waals surface area contributed by atoms with Crippen LogP contribution < -0.4 is 0 Å². The monoisotopic (exact) mass is 377 g/mol. The van der Waals surface area contributed by atoms with Crippen LogP contribution in [0, 0.1) is 49.4 Å². The molecule has 1 aromatic heterocycles. The second-order valence-electron chi connectivity index (χ2n) is 2.08. The van der Waals surface area contributed by atoms with Gasteiger partial charge < -0.3 is 4.79 Å². The Labute approximate surface area is 129 Å². The number of carbonyl (C=O) groups is 2. The molecule has 0 aliphatic rings. The summed E-state index contributed by atoms with van der Waals surface area (Å²) < 4.78 is 33.4. The molecule has 0 aromatic carbocycles. The van der Waals surface area contributed by atoms with Crippen LogP contribution >= 0.6 is 11.3 Å². The number of rotatable bonds is 2. The molecule has 0 bridgehead atoms. The van der Waals surface area contributed by atoms with Gasteiger partial charge >= 0.3 is 6.18 Å². The molecular formula is C8H7EuF3O2S. The molecule has 0 fully saturated rings. The van der Waals surface area contributed by atoms with Gasteiger partial charge in [0.2, 0.25) is 5.78 Å². The topological polar surface area (TPSA) is 34.1 Å². The fourth-order valence-corrected chi connectivity index (χ4v) is 0.872. The van der Waals surface area contributed by atoms with Crippen molar-refractivity contribution in [3.63, 3.8) is 0 Å². The molecule has 0 spiro atoms. The van der Waals surface area contributed by atoms with E-state index < -0.39 is 18.4 Å². The molecule has 15 heavy (non-hydrogen) atoms. The number of Topliss-reactive ketones (excluding diaryl/α,β-unsaturated/α-hetero) is 1. The second kappa shape index (κ2) is 9.63. The Kier molecular flexibility index (Phi) is 11.4. The number of halogens is 3. The third-order valence-electron chi connectivity index (χ3n) is 1.01. The number of hydrogen-bond donors (Lipinski definition) is 0. The van der Waals surface area contributed by atoms with Gasteiger partial charge in [0.05, 0.1) is 6.42 Å². The van der Waals surface area contributed by atoms with Crippen molar-refractivity contribution in [3.05, 3.63) is 22.9 Å². The third kappa shape index (κ3) is 10.7. The Bertz CT molecular complexity index is 255. The number of hydrogen-bond acceptors (Lipinski definition) is 3. The number of carbonyl (C=O) groups excluding carboxylic acids is 2. The van der Waals surface area contributed by atoms with Gasteiger partial charge in [0.25, 0.3) is 0 Å². The summed E-state index contributed by atoms with van der Waals surface area (Å²) in [5.74, 6) is -2.00. The minimum atomic E-state index is -4.86. The Morgan fingerprint density at radius 3 is 1.87 bits per heavy atom. The van der Waals surface area contributed by atoms with Gasteiger partial charge in [-0.3, -0.25) is 4.79 Å². The molecule has 0 atom stereocenters. The molecular weight excluding hydrogens is 369 g/mol. The molecule has 0 unspecified atom stereocenters. The number of thiophene rings is 1. The van der Waals surface area contributed by atoms with Crippen LogP contribution in [0.4, 0.5) is 13.2 Å². The number of aldehydes is 1. The van der Waals surface area contributed by atoms with Crippen molar-refractivity contribution in [2.45, 2.75) is 12.6 Å². The first-order chi connectivity index (χ1) is 6.48. The van der Waals surface area contributed by atoms with Gasteiger partial charge in [0.1, 0.15) is 6.29 Å². The van der Waals surface area contributed by atoms with E-state index >= 15 is 0 Å². The Morgan fingerprint density at radius 2 is 1.73 bits per heavy atom. The molecule has 0 N–H and O–H groups in total. The molecule has 0 aliphatic heterocycles. The van der Waals surface area contributed by atoms with E-state index in [1.54, 1.807) is 11.3 Å². The van der Waals surface area contributed by atoms with Crippen LogP contribution in [0.5, 0.6) is 0 Å². The molecule has 1 radical (unpaired) electrons. The number of ketones is 1. The van der Waals surface area contributed by atoms with Crippen LogP contribution in [0.15, 0.2) is 22.9 Å². The maximum Gasteiger partial charge on any atom is 0.450 e. The summed E-state index contributed by atoms with van der Waals surface area (Å²) in [5, 5.41) is 4.08. The van der Waals surface area contributed by atoms with E-state index in [1.807, 2.05) is 22.9 Å². The van der Waals surface area contributed by atoms with Gasteiger partial charge in [-0.05, 0) is 10.8 Å². The predicted molar refractivity (Wildman–Crippen MR) is 46.1 cm³/mol. The first-order valence-electron chi connectivity index (χ1n) is 3.49. The van der Waals surface area contributed by atoms with E-state index in [-0.39, 0.29) is 55.7 Å². The molecule has 1 aromatic rings. The molecule has 1 rings (SSSR count). The normalized spacial score (nSPS) is 9.27. The van der Waals surface area contributed by atoms with Crippen LogP contribution in [0.25, 0.3) is 0 Å². The molecule has 1 heterocycles. The Hall–Kier alpha value is 0.414. The van der Waals surface area contributed by atoms with Gasteiger partial charge in [-0.2, -0.15) is 24.5 Å². The summed E-state index contributed by atoms with van der Waals surface area (Å²) in [6, 6.07) is 4.04. The maximum absolute atomic E-state index is 11.1. The summed E-state index contributed by atoms with van der Waals surface area (Å²) in [6.07, 6.45) is -6.01. The average molecular weight is 376 g/mol. The molecule has 0 aliphatic carbocycles. The van der Waals surface area contributed by atoms with Crippen molar-refractivity contribution < 1.29 is 72.1 Å². The van der Waals surface area contributed by atoms with Gasteiger partial charge in [-0.15, -0.1) is 0 Å². The maximum atomic E-state index is 11.1. The van der Waals surface area contributed by atoms with Crippen molar-refractivity contribution >= 4 is 23.4 Å². The van der Waals surface area contributed by atoms with E-state index in [9.17, 15) is 22.8 Å². The van der Waals surface area contributed by atoms with Crippen LogP contribution in [0.1, 0.15) is 6.42 Å². The molecule has 0 amide bonds. The zero-order chi connectivity index (χ0) is 11.0. The van der Waals surface area contributed by atoms with Crippen molar-refractivity contribution in [1.82, 2.24) is 0 Å². The van der Waals surface area contributed by atoms with Gasteiger partial charge in [0, 0.05) is 49.4 Å². The fraction of sp³-hybridized carbons (Fsp3) is 0.250. The Morgan fingerprint density at radius 1 is 1.27 bits per heavy atom. The molecule has 2 nitrogen and oxygen atoms in total. The molecule has 0 saturated heterocycles. The summed E-state index contributed by atoms with van der Waals surface area (Å²) in [6.45, 7) is 0. The van der Waals surface area contributed by atoms with E-state index in [1.165, 1.54) is 0 Å². The van der Waals surface area contributed by atoms with Gasteiger partial charge in [-0.25, -0.2) is 0 Å². The summed E-state index contributed by atoms with van der Waals surface area (Å²) in [5.41, 5.74) is 0. The third-order valence-corrected chi connectivity index (χ3v) is 1.64. The smallest absolute Gasteiger partial charge is 0.303 e. The van der Waals surface area contributed by atoms with Gasteiger partial charge in [-0.1, -0.05) is 12.1 Å². The van der Waals surface area contributed by atoms with Crippen molar-refractivity contribution in [2.75, 3.05) is 0 Å². The first kappa shape index (κ1) is 17.8. The first-order valence-corrected chi connectivity index (χ1v) is 4.43. The fourth-order valence-electron chi connectivity index (χ4n) is 0.418. The van der Waals surface area contributed by atoms with Gasteiger partial charge in [0.15, 0.2) is 0 Å².